The zero-order chi connectivity index (χ0) is 9.42. The molecular weight excluding hydrogens is 176 g/mol. The Morgan fingerprint density at radius 1 is 1.23 bits per heavy atom. The fourth-order valence-corrected chi connectivity index (χ4v) is 2.98. The lowest BCUT2D eigenvalue weighted by atomic mass is 10.1. The molecule has 2 rings (SSSR count). The van der Waals surface area contributed by atoms with Crippen LogP contribution in [0.4, 0.5) is 0 Å². The standard InChI is InChI=1S/C12H14S/c1-4-11-9(3)10-7-5-6-8(2)12(10)13-11/h5-7H,4H2,1-3H3. The molecule has 0 aliphatic rings. The number of rotatable bonds is 1. The molecule has 0 aliphatic heterocycles. The van der Waals surface area contributed by atoms with Crippen LogP contribution in [-0.2, 0) is 6.42 Å². The minimum absolute atomic E-state index is 1.16. The molecule has 1 heterocycles. The molecule has 0 saturated carbocycles. The molecule has 0 saturated heterocycles. The predicted molar refractivity (Wildman–Crippen MR) is 60.7 cm³/mol. The molecule has 0 radical (unpaired) electrons. The summed E-state index contributed by atoms with van der Waals surface area (Å²) in [5.74, 6) is 0. The first kappa shape index (κ1) is 8.76. The van der Waals surface area contributed by atoms with Gasteiger partial charge in [0, 0.05) is 9.58 Å². The van der Waals surface area contributed by atoms with Crippen molar-refractivity contribution in [2.75, 3.05) is 0 Å². The smallest absolute Gasteiger partial charge is 0.0377 e. The first-order chi connectivity index (χ1) is 6.24. The molecule has 68 valence electrons. The van der Waals surface area contributed by atoms with E-state index in [1.165, 1.54) is 26.1 Å². The van der Waals surface area contributed by atoms with Gasteiger partial charge in [-0.15, -0.1) is 11.3 Å². The van der Waals surface area contributed by atoms with Crippen LogP contribution in [0.1, 0.15) is 22.9 Å². The van der Waals surface area contributed by atoms with Crippen molar-refractivity contribution in [2.24, 2.45) is 0 Å². The topological polar surface area (TPSA) is 0 Å². The molecular formula is C12H14S. The largest absolute Gasteiger partial charge is 0.140 e. The summed E-state index contributed by atoms with van der Waals surface area (Å²) in [6, 6.07) is 6.57. The summed E-state index contributed by atoms with van der Waals surface area (Å²) in [5, 5.41) is 1.45. The minimum atomic E-state index is 1.16. The first-order valence-corrected chi connectivity index (χ1v) is 5.53. The second-order valence-corrected chi connectivity index (χ2v) is 4.56. The number of hydrogen-bond acceptors (Lipinski definition) is 1. The number of thiophene rings is 1. The summed E-state index contributed by atoms with van der Waals surface area (Å²) in [4.78, 5) is 1.53. The monoisotopic (exact) mass is 190 g/mol. The van der Waals surface area contributed by atoms with Gasteiger partial charge in [0.25, 0.3) is 0 Å². The van der Waals surface area contributed by atoms with Crippen LogP contribution in [0.5, 0.6) is 0 Å². The summed E-state index contributed by atoms with van der Waals surface area (Å²) >= 11 is 1.95. The Morgan fingerprint density at radius 2 is 2.00 bits per heavy atom. The third-order valence-electron chi connectivity index (χ3n) is 2.58. The average molecular weight is 190 g/mol. The maximum Gasteiger partial charge on any atom is 0.0377 e. The fourth-order valence-electron chi connectivity index (χ4n) is 1.77. The number of hydrogen-bond donors (Lipinski definition) is 0. The van der Waals surface area contributed by atoms with Crippen molar-refractivity contribution >= 4 is 21.4 Å². The zero-order valence-electron chi connectivity index (χ0n) is 8.35. The maximum absolute atomic E-state index is 2.23. The van der Waals surface area contributed by atoms with Crippen molar-refractivity contribution in [3.63, 3.8) is 0 Å². The van der Waals surface area contributed by atoms with Crippen LogP contribution in [0.25, 0.3) is 10.1 Å². The first-order valence-electron chi connectivity index (χ1n) is 4.71. The molecule has 0 N–H and O–H groups in total. The van der Waals surface area contributed by atoms with Gasteiger partial charge < -0.3 is 0 Å². The third-order valence-corrected chi connectivity index (χ3v) is 4.17. The fraction of sp³-hybridized carbons (Fsp3) is 0.333. The van der Waals surface area contributed by atoms with Crippen molar-refractivity contribution in [3.8, 4) is 0 Å². The van der Waals surface area contributed by atoms with Crippen LogP contribution in [0.2, 0.25) is 0 Å². The summed E-state index contributed by atoms with van der Waals surface area (Å²) in [6.07, 6.45) is 1.16. The van der Waals surface area contributed by atoms with Crippen LogP contribution in [-0.4, -0.2) is 0 Å². The Morgan fingerprint density at radius 3 is 2.62 bits per heavy atom. The number of fused-ring (bicyclic) bond motifs is 1. The molecule has 1 aromatic heterocycles. The molecule has 1 aromatic carbocycles. The van der Waals surface area contributed by atoms with Crippen molar-refractivity contribution in [2.45, 2.75) is 27.2 Å². The molecule has 0 amide bonds. The highest BCUT2D eigenvalue weighted by atomic mass is 32.1. The van der Waals surface area contributed by atoms with Gasteiger partial charge in [-0.1, -0.05) is 25.1 Å². The lowest BCUT2D eigenvalue weighted by Gasteiger charge is -1.94. The summed E-state index contributed by atoms with van der Waals surface area (Å²) in [7, 11) is 0. The zero-order valence-corrected chi connectivity index (χ0v) is 9.16. The lowest BCUT2D eigenvalue weighted by Crippen LogP contribution is -1.76. The summed E-state index contributed by atoms with van der Waals surface area (Å²) in [5.41, 5.74) is 2.89. The van der Waals surface area contributed by atoms with E-state index in [-0.39, 0.29) is 0 Å². The Kier molecular flexibility index (Phi) is 2.12. The van der Waals surface area contributed by atoms with Crippen molar-refractivity contribution in [1.82, 2.24) is 0 Å². The van der Waals surface area contributed by atoms with Crippen LogP contribution in [0, 0.1) is 13.8 Å². The van der Waals surface area contributed by atoms with Gasteiger partial charge in [0.15, 0.2) is 0 Å². The van der Waals surface area contributed by atoms with Gasteiger partial charge in [-0.25, -0.2) is 0 Å². The quantitative estimate of drug-likeness (QED) is 0.635. The highest BCUT2D eigenvalue weighted by Crippen LogP contribution is 2.32. The van der Waals surface area contributed by atoms with Crippen molar-refractivity contribution < 1.29 is 0 Å². The maximum atomic E-state index is 2.23. The van der Waals surface area contributed by atoms with Gasteiger partial charge >= 0.3 is 0 Å². The summed E-state index contributed by atoms with van der Waals surface area (Å²) < 4.78 is 1.47. The normalized spacial score (nSPS) is 11.0. The molecule has 0 bridgehead atoms. The van der Waals surface area contributed by atoms with Crippen LogP contribution in [0.3, 0.4) is 0 Å². The van der Waals surface area contributed by atoms with E-state index in [9.17, 15) is 0 Å². The molecule has 1 heteroatoms. The van der Waals surface area contributed by atoms with Gasteiger partial charge in [-0.05, 0) is 36.8 Å². The van der Waals surface area contributed by atoms with Gasteiger partial charge in [-0.3, -0.25) is 0 Å². The molecule has 0 aliphatic carbocycles. The van der Waals surface area contributed by atoms with E-state index < -0.39 is 0 Å². The summed E-state index contributed by atoms with van der Waals surface area (Å²) in [6.45, 7) is 6.65. The molecule has 0 spiro atoms. The van der Waals surface area contributed by atoms with Crippen LogP contribution < -0.4 is 0 Å². The molecule has 0 nitrogen and oxygen atoms in total. The number of aryl methyl sites for hydroxylation is 3. The van der Waals surface area contributed by atoms with Crippen molar-refractivity contribution in [3.05, 3.63) is 34.2 Å². The highest BCUT2D eigenvalue weighted by Gasteiger charge is 2.07. The Balaban J connectivity index is 2.83. The molecule has 0 atom stereocenters. The van der Waals surface area contributed by atoms with Gasteiger partial charge in [0.1, 0.15) is 0 Å². The third kappa shape index (κ3) is 1.28. The van der Waals surface area contributed by atoms with E-state index in [0.29, 0.717) is 0 Å². The van der Waals surface area contributed by atoms with E-state index in [2.05, 4.69) is 39.0 Å². The van der Waals surface area contributed by atoms with E-state index >= 15 is 0 Å². The van der Waals surface area contributed by atoms with Crippen LogP contribution >= 0.6 is 11.3 Å². The van der Waals surface area contributed by atoms with E-state index in [0.717, 1.165) is 6.42 Å². The molecule has 2 aromatic rings. The Hall–Kier alpha value is -0.820. The second-order valence-electron chi connectivity index (χ2n) is 3.46. The van der Waals surface area contributed by atoms with Gasteiger partial charge in [-0.2, -0.15) is 0 Å². The van der Waals surface area contributed by atoms with Gasteiger partial charge in [0.05, 0.1) is 0 Å². The van der Waals surface area contributed by atoms with E-state index in [1.807, 2.05) is 11.3 Å². The molecule has 13 heavy (non-hydrogen) atoms. The Labute approximate surface area is 83.2 Å². The minimum Gasteiger partial charge on any atom is -0.140 e. The van der Waals surface area contributed by atoms with Crippen molar-refractivity contribution in [1.29, 1.82) is 0 Å². The molecule has 0 fully saturated rings. The predicted octanol–water partition coefficient (Wildman–Crippen LogP) is 4.08. The average Bonchev–Trinajstić information content (AvgIpc) is 2.45. The lowest BCUT2D eigenvalue weighted by molar-refractivity contribution is 1.16. The van der Waals surface area contributed by atoms with E-state index in [1.54, 1.807) is 0 Å². The van der Waals surface area contributed by atoms with Gasteiger partial charge in [0.2, 0.25) is 0 Å². The Bertz CT molecular complexity index is 438. The second kappa shape index (κ2) is 3.15. The molecule has 0 unspecified atom stereocenters. The van der Waals surface area contributed by atoms with Crippen LogP contribution in [0.15, 0.2) is 18.2 Å². The number of benzene rings is 1. The SMILES string of the molecule is CCc1sc2c(C)cccc2c1C. The highest BCUT2D eigenvalue weighted by molar-refractivity contribution is 7.19. The van der Waals surface area contributed by atoms with E-state index in [4.69, 9.17) is 0 Å².